The molecule has 1 aliphatic rings. The molecule has 0 aromatic carbocycles. The van der Waals surface area contributed by atoms with Gasteiger partial charge in [0.05, 0.1) is 10.3 Å². The summed E-state index contributed by atoms with van der Waals surface area (Å²) in [6, 6.07) is 2.05. The predicted molar refractivity (Wildman–Crippen MR) is 103 cm³/mol. The van der Waals surface area contributed by atoms with E-state index in [-0.39, 0.29) is 11.9 Å². The number of carbonyl (C=O) groups is 1. The molecule has 2 aromatic heterocycles. The molecule has 7 nitrogen and oxygen atoms in total. The maximum absolute atomic E-state index is 12.5. The van der Waals surface area contributed by atoms with Gasteiger partial charge < -0.3 is 20.5 Å². The van der Waals surface area contributed by atoms with Crippen LogP contribution in [0, 0.1) is 0 Å². The molecule has 0 saturated heterocycles. The van der Waals surface area contributed by atoms with Crippen LogP contribution in [0.4, 0.5) is 5.82 Å². The summed E-state index contributed by atoms with van der Waals surface area (Å²) in [5, 5.41) is 7.34. The first-order chi connectivity index (χ1) is 12.2. The average molecular weight is 360 g/mol. The van der Waals surface area contributed by atoms with E-state index >= 15 is 0 Å². The zero-order valence-electron chi connectivity index (χ0n) is 14.6. The zero-order chi connectivity index (χ0) is 17.6. The molecule has 0 spiro atoms. The van der Waals surface area contributed by atoms with E-state index in [2.05, 4.69) is 32.5 Å². The first-order valence-electron chi connectivity index (χ1n) is 8.60. The standard InChI is InChI=1S/C17H24N6OS/c1-3-5-18-9-12(2)22-17(24)14-10-23(7-8-25-14)16-13-4-6-19-15(13)20-11-21-16/h4,6,10-12,18H,3,5,7-9H2,1-2H3,(H,22,24)(H,19,20,21). The molecule has 1 aliphatic heterocycles. The maximum Gasteiger partial charge on any atom is 0.259 e. The SMILES string of the molecule is CCCNCC(C)NC(=O)C1=CN(c2ncnc3[nH]ccc23)CCS1. The van der Waals surface area contributed by atoms with Gasteiger partial charge in [-0.25, -0.2) is 9.97 Å². The molecule has 0 fully saturated rings. The number of hydrogen-bond donors (Lipinski definition) is 3. The van der Waals surface area contributed by atoms with Crippen molar-refractivity contribution in [1.82, 2.24) is 25.6 Å². The summed E-state index contributed by atoms with van der Waals surface area (Å²) in [5.41, 5.74) is 0.804. The number of rotatable bonds is 7. The Morgan fingerprint density at radius 3 is 3.20 bits per heavy atom. The van der Waals surface area contributed by atoms with E-state index in [9.17, 15) is 4.79 Å². The van der Waals surface area contributed by atoms with Crippen LogP contribution >= 0.6 is 11.8 Å². The zero-order valence-corrected chi connectivity index (χ0v) is 15.4. The van der Waals surface area contributed by atoms with Gasteiger partial charge in [0.25, 0.3) is 5.91 Å². The fraction of sp³-hybridized carbons (Fsp3) is 0.471. The molecule has 0 bridgehead atoms. The lowest BCUT2D eigenvalue weighted by molar-refractivity contribution is -0.117. The van der Waals surface area contributed by atoms with Crippen LogP contribution in [0.2, 0.25) is 0 Å². The third-order valence-electron chi connectivity index (χ3n) is 3.95. The van der Waals surface area contributed by atoms with E-state index in [4.69, 9.17) is 0 Å². The van der Waals surface area contributed by atoms with Crippen LogP contribution < -0.4 is 15.5 Å². The largest absolute Gasteiger partial charge is 0.348 e. The molecule has 1 amide bonds. The minimum Gasteiger partial charge on any atom is -0.348 e. The summed E-state index contributed by atoms with van der Waals surface area (Å²) >= 11 is 1.58. The van der Waals surface area contributed by atoms with Gasteiger partial charge in [-0.15, -0.1) is 11.8 Å². The van der Waals surface area contributed by atoms with Crippen LogP contribution in [0.1, 0.15) is 20.3 Å². The Labute approximate surface area is 151 Å². The molecule has 0 aliphatic carbocycles. The normalized spacial score (nSPS) is 15.9. The Morgan fingerprint density at radius 2 is 2.36 bits per heavy atom. The fourth-order valence-electron chi connectivity index (χ4n) is 2.72. The van der Waals surface area contributed by atoms with E-state index in [0.717, 1.165) is 53.6 Å². The van der Waals surface area contributed by atoms with Crippen molar-refractivity contribution in [3.63, 3.8) is 0 Å². The highest BCUT2D eigenvalue weighted by Crippen LogP contribution is 2.28. The summed E-state index contributed by atoms with van der Waals surface area (Å²) in [5.74, 6) is 1.65. The summed E-state index contributed by atoms with van der Waals surface area (Å²) in [4.78, 5) is 27.0. The molecular formula is C17H24N6OS. The summed E-state index contributed by atoms with van der Waals surface area (Å²) in [6.07, 6.45) is 6.38. The van der Waals surface area contributed by atoms with Crippen LogP contribution in [-0.4, -0.2) is 52.3 Å². The van der Waals surface area contributed by atoms with Crippen molar-refractivity contribution in [2.24, 2.45) is 0 Å². The molecule has 134 valence electrons. The Morgan fingerprint density at radius 1 is 1.48 bits per heavy atom. The van der Waals surface area contributed by atoms with Crippen LogP contribution in [0.3, 0.4) is 0 Å². The Balaban J connectivity index is 1.70. The number of hydrogen-bond acceptors (Lipinski definition) is 6. The number of carbonyl (C=O) groups excluding carboxylic acids is 1. The van der Waals surface area contributed by atoms with E-state index < -0.39 is 0 Å². The van der Waals surface area contributed by atoms with Gasteiger partial charge in [0.2, 0.25) is 0 Å². The molecule has 1 atom stereocenters. The molecule has 25 heavy (non-hydrogen) atoms. The van der Waals surface area contributed by atoms with Crippen LogP contribution in [0.25, 0.3) is 11.0 Å². The number of nitrogens with zero attached hydrogens (tertiary/aromatic N) is 3. The maximum atomic E-state index is 12.5. The molecule has 3 heterocycles. The molecule has 0 saturated carbocycles. The monoisotopic (exact) mass is 360 g/mol. The van der Waals surface area contributed by atoms with Gasteiger partial charge in [-0.1, -0.05) is 6.92 Å². The van der Waals surface area contributed by atoms with Crippen LogP contribution in [-0.2, 0) is 4.79 Å². The lowest BCUT2D eigenvalue weighted by Gasteiger charge is -2.26. The van der Waals surface area contributed by atoms with Crippen molar-refractivity contribution in [2.75, 3.05) is 30.3 Å². The second-order valence-electron chi connectivity index (χ2n) is 6.05. The molecule has 1 unspecified atom stereocenters. The van der Waals surface area contributed by atoms with Crippen molar-refractivity contribution in [2.45, 2.75) is 26.3 Å². The fourth-order valence-corrected chi connectivity index (χ4v) is 3.62. The van der Waals surface area contributed by atoms with Crippen molar-refractivity contribution in [3.05, 3.63) is 29.7 Å². The number of nitrogens with one attached hydrogen (secondary N) is 3. The van der Waals surface area contributed by atoms with E-state index in [1.54, 1.807) is 18.1 Å². The molecule has 2 aromatic rings. The summed E-state index contributed by atoms with van der Waals surface area (Å²) in [6.45, 7) is 6.69. The molecule has 3 N–H and O–H groups in total. The number of aromatic amines is 1. The number of amides is 1. The van der Waals surface area contributed by atoms with Crippen molar-refractivity contribution in [3.8, 4) is 0 Å². The first kappa shape index (κ1) is 17.8. The van der Waals surface area contributed by atoms with Crippen LogP contribution in [0.5, 0.6) is 0 Å². The molecule has 8 heteroatoms. The van der Waals surface area contributed by atoms with Gasteiger partial charge in [0.1, 0.15) is 17.8 Å². The highest BCUT2D eigenvalue weighted by molar-refractivity contribution is 8.04. The summed E-state index contributed by atoms with van der Waals surface area (Å²) < 4.78 is 0. The Bertz CT molecular complexity index is 758. The third-order valence-corrected chi connectivity index (χ3v) is 4.93. The van der Waals surface area contributed by atoms with Gasteiger partial charge in [-0.2, -0.15) is 0 Å². The number of anilines is 1. The minimum atomic E-state index is -0.0279. The van der Waals surface area contributed by atoms with Gasteiger partial charge in [-0.05, 0) is 26.0 Å². The van der Waals surface area contributed by atoms with Crippen molar-refractivity contribution < 1.29 is 4.79 Å². The average Bonchev–Trinajstić information content (AvgIpc) is 3.10. The molecular weight excluding hydrogens is 336 g/mol. The number of H-pyrrole nitrogens is 1. The quantitative estimate of drug-likeness (QED) is 0.654. The van der Waals surface area contributed by atoms with Gasteiger partial charge in [0, 0.05) is 37.3 Å². The van der Waals surface area contributed by atoms with Crippen LogP contribution in [0.15, 0.2) is 29.7 Å². The topological polar surface area (TPSA) is 85.9 Å². The third kappa shape index (κ3) is 4.32. The number of aromatic nitrogens is 3. The number of fused-ring (bicyclic) bond motifs is 1. The van der Waals surface area contributed by atoms with Crippen molar-refractivity contribution in [1.29, 1.82) is 0 Å². The highest BCUT2D eigenvalue weighted by Gasteiger charge is 2.21. The van der Waals surface area contributed by atoms with Gasteiger partial charge in [0.15, 0.2) is 0 Å². The van der Waals surface area contributed by atoms with E-state index in [1.165, 1.54) is 0 Å². The smallest absolute Gasteiger partial charge is 0.259 e. The van der Waals surface area contributed by atoms with Gasteiger partial charge >= 0.3 is 0 Å². The lowest BCUT2D eigenvalue weighted by Crippen LogP contribution is -2.41. The Kier molecular flexibility index (Phi) is 5.93. The van der Waals surface area contributed by atoms with Gasteiger partial charge in [-0.3, -0.25) is 4.79 Å². The van der Waals surface area contributed by atoms with E-state index in [1.807, 2.05) is 30.3 Å². The lowest BCUT2D eigenvalue weighted by atomic mass is 10.3. The second kappa shape index (κ2) is 8.35. The van der Waals surface area contributed by atoms with Crippen molar-refractivity contribution >= 4 is 34.5 Å². The molecule has 3 rings (SSSR count). The van der Waals surface area contributed by atoms with E-state index in [0.29, 0.717) is 0 Å². The minimum absolute atomic E-state index is 0.0279. The predicted octanol–water partition coefficient (Wildman–Crippen LogP) is 1.86. The number of thioether (sulfide) groups is 1. The second-order valence-corrected chi connectivity index (χ2v) is 7.19. The summed E-state index contributed by atoms with van der Waals surface area (Å²) in [7, 11) is 0. The highest BCUT2D eigenvalue weighted by atomic mass is 32.2. The first-order valence-corrected chi connectivity index (χ1v) is 9.58. The molecule has 0 radical (unpaired) electrons. The Hall–Kier alpha value is -2.06.